The number of carbonyl (C=O) groups excluding carboxylic acids is 1. The van der Waals surface area contributed by atoms with Crippen molar-refractivity contribution in [1.29, 1.82) is 0 Å². The zero-order valence-electron chi connectivity index (χ0n) is 14.6. The van der Waals surface area contributed by atoms with Gasteiger partial charge < -0.3 is 0 Å². The van der Waals surface area contributed by atoms with Gasteiger partial charge in [0, 0.05) is 33.9 Å². The summed E-state index contributed by atoms with van der Waals surface area (Å²) >= 11 is 7.42. The number of fused-ring (bicyclic) bond motifs is 1. The standard InChI is InChI=1S/C18H15ClN6OS/c1-10-6-11(2)25-17(21-10)22-15(24-25)16(26)23-18-20-9-14(27-18)8-12-4-3-5-13(19)7-12/h3-7,9H,8H2,1-2H3,(H,20,23,26). The molecule has 7 nitrogen and oxygen atoms in total. The zero-order chi connectivity index (χ0) is 19.0. The molecule has 0 saturated carbocycles. The summed E-state index contributed by atoms with van der Waals surface area (Å²) < 4.78 is 1.55. The van der Waals surface area contributed by atoms with E-state index >= 15 is 0 Å². The third-order valence-electron chi connectivity index (χ3n) is 3.86. The largest absolute Gasteiger partial charge is 0.297 e. The number of thiazole rings is 1. The van der Waals surface area contributed by atoms with Gasteiger partial charge in [-0.05, 0) is 37.6 Å². The molecular weight excluding hydrogens is 384 g/mol. The Morgan fingerprint density at radius 2 is 2.11 bits per heavy atom. The molecule has 9 heteroatoms. The Morgan fingerprint density at radius 1 is 1.26 bits per heavy atom. The first-order valence-electron chi connectivity index (χ1n) is 8.19. The first-order valence-corrected chi connectivity index (χ1v) is 9.39. The highest BCUT2D eigenvalue weighted by atomic mass is 35.5. The van der Waals surface area contributed by atoms with Gasteiger partial charge in [-0.15, -0.1) is 16.4 Å². The van der Waals surface area contributed by atoms with Crippen LogP contribution in [0.5, 0.6) is 0 Å². The van der Waals surface area contributed by atoms with Crippen molar-refractivity contribution < 1.29 is 4.79 Å². The van der Waals surface area contributed by atoms with Crippen molar-refractivity contribution in [3.63, 3.8) is 0 Å². The van der Waals surface area contributed by atoms with Gasteiger partial charge in [-0.1, -0.05) is 23.7 Å². The van der Waals surface area contributed by atoms with Crippen LogP contribution in [-0.2, 0) is 6.42 Å². The number of benzene rings is 1. The second-order valence-electron chi connectivity index (χ2n) is 6.08. The third-order valence-corrected chi connectivity index (χ3v) is 5.01. The van der Waals surface area contributed by atoms with Crippen molar-refractivity contribution in [3.05, 3.63) is 69.2 Å². The van der Waals surface area contributed by atoms with Gasteiger partial charge in [-0.25, -0.2) is 14.5 Å². The molecule has 0 atom stereocenters. The third kappa shape index (κ3) is 3.81. The Morgan fingerprint density at radius 3 is 2.93 bits per heavy atom. The van der Waals surface area contributed by atoms with E-state index in [2.05, 4.69) is 25.4 Å². The molecule has 4 rings (SSSR count). The van der Waals surface area contributed by atoms with Crippen molar-refractivity contribution in [2.75, 3.05) is 5.32 Å². The quantitative estimate of drug-likeness (QED) is 0.566. The minimum Gasteiger partial charge on any atom is -0.295 e. The lowest BCUT2D eigenvalue weighted by molar-refractivity contribution is 0.101. The molecule has 0 bridgehead atoms. The van der Waals surface area contributed by atoms with Crippen molar-refractivity contribution in [1.82, 2.24) is 24.6 Å². The number of rotatable bonds is 4. The maximum atomic E-state index is 12.5. The van der Waals surface area contributed by atoms with Crippen LogP contribution in [0.25, 0.3) is 5.78 Å². The number of nitrogens with one attached hydrogen (secondary N) is 1. The van der Waals surface area contributed by atoms with Gasteiger partial charge in [-0.3, -0.25) is 10.1 Å². The highest BCUT2D eigenvalue weighted by Crippen LogP contribution is 2.22. The van der Waals surface area contributed by atoms with E-state index in [0.29, 0.717) is 22.4 Å². The first kappa shape index (κ1) is 17.6. The first-order chi connectivity index (χ1) is 13.0. The number of hydrogen-bond donors (Lipinski definition) is 1. The van der Waals surface area contributed by atoms with Crippen molar-refractivity contribution in [3.8, 4) is 0 Å². The Bertz CT molecular complexity index is 1150. The van der Waals surface area contributed by atoms with E-state index in [-0.39, 0.29) is 5.82 Å². The minimum atomic E-state index is -0.416. The molecule has 0 aliphatic carbocycles. The topological polar surface area (TPSA) is 85.1 Å². The monoisotopic (exact) mass is 398 g/mol. The molecule has 1 amide bonds. The lowest BCUT2D eigenvalue weighted by atomic mass is 10.1. The lowest BCUT2D eigenvalue weighted by Gasteiger charge is -1.99. The molecule has 0 unspecified atom stereocenters. The number of hydrogen-bond acceptors (Lipinski definition) is 6. The summed E-state index contributed by atoms with van der Waals surface area (Å²) in [6.45, 7) is 3.76. The van der Waals surface area contributed by atoms with E-state index in [1.807, 2.05) is 44.2 Å². The van der Waals surface area contributed by atoms with Crippen molar-refractivity contribution in [2.45, 2.75) is 20.3 Å². The number of carbonyl (C=O) groups is 1. The summed E-state index contributed by atoms with van der Waals surface area (Å²) in [5, 5.41) is 8.17. The Balaban J connectivity index is 1.50. The predicted octanol–water partition coefficient (Wildman–Crippen LogP) is 3.69. The summed E-state index contributed by atoms with van der Waals surface area (Å²) in [6, 6.07) is 9.54. The molecule has 136 valence electrons. The molecule has 0 aliphatic heterocycles. The Hall–Kier alpha value is -2.84. The van der Waals surface area contributed by atoms with Gasteiger partial charge in [0.05, 0.1) is 0 Å². The predicted molar refractivity (Wildman–Crippen MR) is 105 cm³/mol. The second kappa shape index (κ2) is 7.05. The van der Waals surface area contributed by atoms with E-state index < -0.39 is 5.91 Å². The van der Waals surface area contributed by atoms with Gasteiger partial charge in [0.15, 0.2) is 5.13 Å². The van der Waals surface area contributed by atoms with Crippen LogP contribution in [0.4, 0.5) is 5.13 Å². The summed E-state index contributed by atoms with van der Waals surface area (Å²) in [5.41, 5.74) is 2.77. The molecule has 3 heterocycles. The van der Waals surface area contributed by atoms with Gasteiger partial charge >= 0.3 is 0 Å². The van der Waals surface area contributed by atoms with Crippen LogP contribution in [-0.4, -0.2) is 30.5 Å². The van der Waals surface area contributed by atoms with E-state index in [1.165, 1.54) is 11.3 Å². The molecule has 4 aromatic rings. The summed E-state index contributed by atoms with van der Waals surface area (Å²) in [6.07, 6.45) is 2.44. The van der Waals surface area contributed by atoms with Crippen LogP contribution < -0.4 is 5.32 Å². The van der Waals surface area contributed by atoms with Crippen LogP contribution in [0.15, 0.2) is 36.5 Å². The van der Waals surface area contributed by atoms with Crippen LogP contribution >= 0.6 is 22.9 Å². The molecule has 3 aromatic heterocycles. The maximum absolute atomic E-state index is 12.5. The number of amides is 1. The minimum absolute atomic E-state index is 0.0581. The molecule has 1 N–H and O–H groups in total. The van der Waals surface area contributed by atoms with Crippen LogP contribution in [0.1, 0.15) is 32.4 Å². The SMILES string of the molecule is Cc1cc(C)n2nc(C(=O)Nc3ncc(Cc4cccc(Cl)c4)s3)nc2n1. The average molecular weight is 399 g/mol. The van der Waals surface area contributed by atoms with Gasteiger partial charge in [0.25, 0.3) is 11.7 Å². The van der Waals surface area contributed by atoms with Crippen LogP contribution in [0, 0.1) is 13.8 Å². The van der Waals surface area contributed by atoms with E-state index in [4.69, 9.17) is 11.6 Å². The van der Waals surface area contributed by atoms with Gasteiger partial charge in [0.1, 0.15) is 0 Å². The van der Waals surface area contributed by atoms with Gasteiger partial charge in [0.2, 0.25) is 5.82 Å². The number of aromatic nitrogens is 5. The normalized spacial score (nSPS) is 11.1. The number of nitrogens with zero attached hydrogens (tertiary/aromatic N) is 5. The van der Waals surface area contributed by atoms with Crippen LogP contribution in [0.2, 0.25) is 5.02 Å². The molecule has 0 fully saturated rings. The second-order valence-corrected chi connectivity index (χ2v) is 7.63. The molecule has 0 aliphatic rings. The fourth-order valence-corrected chi connectivity index (χ4v) is 3.77. The summed E-state index contributed by atoms with van der Waals surface area (Å²) in [5.74, 6) is 0.0439. The smallest absolute Gasteiger partial charge is 0.295 e. The lowest BCUT2D eigenvalue weighted by Crippen LogP contribution is -2.13. The highest BCUT2D eigenvalue weighted by molar-refractivity contribution is 7.15. The summed E-state index contributed by atoms with van der Waals surface area (Å²) in [4.78, 5) is 26.2. The van der Waals surface area contributed by atoms with Crippen molar-refractivity contribution >= 4 is 39.8 Å². The zero-order valence-corrected chi connectivity index (χ0v) is 16.2. The molecule has 0 saturated heterocycles. The Kier molecular flexibility index (Phi) is 4.59. The fourth-order valence-electron chi connectivity index (χ4n) is 2.71. The molecular formula is C18H15ClN6OS. The number of aryl methyl sites for hydroxylation is 2. The van der Waals surface area contributed by atoms with E-state index in [0.717, 1.165) is 21.8 Å². The number of anilines is 1. The molecule has 0 spiro atoms. The number of halogens is 1. The summed E-state index contributed by atoms with van der Waals surface area (Å²) in [7, 11) is 0. The molecule has 1 aromatic carbocycles. The molecule has 0 radical (unpaired) electrons. The fraction of sp³-hybridized carbons (Fsp3) is 0.167. The average Bonchev–Trinajstić information content (AvgIpc) is 3.22. The highest BCUT2D eigenvalue weighted by Gasteiger charge is 2.16. The van der Waals surface area contributed by atoms with Gasteiger partial charge in [-0.2, -0.15) is 4.98 Å². The van der Waals surface area contributed by atoms with E-state index in [9.17, 15) is 4.79 Å². The Labute approximate surface area is 164 Å². The van der Waals surface area contributed by atoms with Crippen molar-refractivity contribution in [2.24, 2.45) is 0 Å². The van der Waals surface area contributed by atoms with E-state index in [1.54, 1.807) is 10.7 Å². The van der Waals surface area contributed by atoms with Crippen LogP contribution in [0.3, 0.4) is 0 Å². The maximum Gasteiger partial charge on any atom is 0.297 e. The molecule has 27 heavy (non-hydrogen) atoms.